The van der Waals surface area contributed by atoms with E-state index < -0.39 is 0 Å². The number of nitrogens with zero attached hydrogens (tertiary/aromatic N) is 1. The highest BCUT2D eigenvalue weighted by molar-refractivity contribution is 5.85. The Bertz CT molecular complexity index is 434. The summed E-state index contributed by atoms with van der Waals surface area (Å²) in [6.45, 7) is 7.39. The second kappa shape index (κ2) is 8.25. The van der Waals surface area contributed by atoms with Crippen molar-refractivity contribution in [3.8, 4) is 0 Å². The molecule has 5 heteroatoms. The molecule has 0 saturated carbocycles. The van der Waals surface area contributed by atoms with Crippen molar-refractivity contribution in [3.05, 3.63) is 35.4 Å². The first kappa shape index (κ1) is 17.0. The Morgan fingerprint density at radius 1 is 1.45 bits per heavy atom. The number of likely N-dealkylation sites (N-methyl/N-ethyl adjacent to an activating group) is 1. The van der Waals surface area contributed by atoms with Crippen LogP contribution in [0.1, 0.15) is 18.1 Å². The van der Waals surface area contributed by atoms with Gasteiger partial charge in [-0.2, -0.15) is 0 Å². The number of aryl methyl sites for hydroxylation is 1. The van der Waals surface area contributed by atoms with Crippen LogP contribution in [0.15, 0.2) is 24.3 Å². The molecule has 0 bridgehead atoms. The normalized spacial score (nSPS) is 18.2. The molecule has 1 aliphatic heterocycles. The van der Waals surface area contributed by atoms with Crippen LogP contribution in [0.3, 0.4) is 0 Å². The first-order valence-corrected chi connectivity index (χ1v) is 6.86. The average Bonchev–Trinajstić information content (AvgIpc) is 2.47. The third-order valence-electron chi connectivity index (χ3n) is 3.54. The smallest absolute Gasteiger partial charge is 0.242 e. The Hall–Kier alpha value is -1.10. The number of hydrogen-bond acceptors (Lipinski definition) is 3. The Kier molecular flexibility index (Phi) is 6.99. The largest absolute Gasteiger partial charge is 0.378 e. The number of amides is 1. The van der Waals surface area contributed by atoms with Gasteiger partial charge in [0.2, 0.25) is 5.91 Å². The molecule has 0 aromatic heterocycles. The van der Waals surface area contributed by atoms with E-state index in [0.29, 0.717) is 26.3 Å². The molecule has 20 heavy (non-hydrogen) atoms. The van der Waals surface area contributed by atoms with Crippen molar-refractivity contribution in [2.45, 2.75) is 26.4 Å². The van der Waals surface area contributed by atoms with Crippen molar-refractivity contribution in [1.82, 2.24) is 10.2 Å². The van der Waals surface area contributed by atoms with Crippen LogP contribution in [0.2, 0.25) is 0 Å². The van der Waals surface area contributed by atoms with Crippen molar-refractivity contribution in [2.24, 2.45) is 0 Å². The lowest BCUT2D eigenvalue weighted by Crippen LogP contribution is -2.52. The van der Waals surface area contributed by atoms with E-state index in [1.807, 2.05) is 24.0 Å². The van der Waals surface area contributed by atoms with Crippen LogP contribution < -0.4 is 5.32 Å². The minimum atomic E-state index is -0.197. The predicted octanol–water partition coefficient (Wildman–Crippen LogP) is 1.75. The summed E-state index contributed by atoms with van der Waals surface area (Å²) < 4.78 is 5.36. The molecule has 0 radical (unpaired) electrons. The van der Waals surface area contributed by atoms with Gasteiger partial charge in [-0.1, -0.05) is 24.3 Å². The maximum absolute atomic E-state index is 12.4. The van der Waals surface area contributed by atoms with Crippen molar-refractivity contribution in [1.29, 1.82) is 0 Å². The summed E-state index contributed by atoms with van der Waals surface area (Å²) in [5.74, 6) is 0.130. The number of hydrogen-bond donors (Lipinski definition) is 1. The molecule has 2 rings (SSSR count). The number of nitrogens with one attached hydrogen (secondary N) is 1. The van der Waals surface area contributed by atoms with Gasteiger partial charge in [0, 0.05) is 19.6 Å². The van der Waals surface area contributed by atoms with Crippen LogP contribution in [-0.4, -0.2) is 43.2 Å². The lowest BCUT2D eigenvalue weighted by Gasteiger charge is -2.29. The van der Waals surface area contributed by atoms with Crippen LogP contribution in [0.25, 0.3) is 0 Å². The molecule has 1 aromatic carbocycles. The molecule has 1 atom stereocenters. The molecule has 1 N–H and O–H groups in total. The van der Waals surface area contributed by atoms with Crippen LogP contribution in [0.4, 0.5) is 0 Å². The molecule has 1 heterocycles. The van der Waals surface area contributed by atoms with E-state index in [2.05, 4.69) is 24.4 Å². The van der Waals surface area contributed by atoms with Crippen LogP contribution in [0, 0.1) is 6.92 Å². The van der Waals surface area contributed by atoms with Gasteiger partial charge in [0.1, 0.15) is 6.04 Å². The highest BCUT2D eigenvalue weighted by Crippen LogP contribution is 2.12. The highest BCUT2D eigenvalue weighted by Gasteiger charge is 2.25. The fraction of sp³-hybridized carbons (Fsp3) is 0.533. The Labute approximate surface area is 126 Å². The van der Waals surface area contributed by atoms with Crippen LogP contribution in [-0.2, 0) is 16.1 Å². The molecule has 4 nitrogen and oxygen atoms in total. The lowest BCUT2D eigenvalue weighted by atomic mass is 10.1. The third kappa shape index (κ3) is 4.20. The number of carbonyl (C=O) groups excluding carboxylic acids is 1. The summed E-state index contributed by atoms with van der Waals surface area (Å²) in [7, 11) is 0. The van der Waals surface area contributed by atoms with Gasteiger partial charge in [0.15, 0.2) is 0 Å². The Morgan fingerprint density at radius 2 is 2.20 bits per heavy atom. The van der Waals surface area contributed by atoms with E-state index in [1.165, 1.54) is 11.1 Å². The zero-order valence-electron chi connectivity index (χ0n) is 12.1. The van der Waals surface area contributed by atoms with Crippen molar-refractivity contribution >= 4 is 18.3 Å². The predicted molar refractivity (Wildman–Crippen MR) is 82.1 cm³/mol. The second-order valence-corrected chi connectivity index (χ2v) is 4.86. The van der Waals surface area contributed by atoms with E-state index in [4.69, 9.17) is 4.74 Å². The molecular formula is C15H23ClN2O2. The SMILES string of the molecule is CCN(Cc1ccccc1C)C(=O)C1COCCN1.Cl. The first-order chi connectivity index (χ1) is 9.22. The number of rotatable bonds is 4. The van der Waals surface area contributed by atoms with Gasteiger partial charge in [-0.3, -0.25) is 4.79 Å². The summed E-state index contributed by atoms with van der Waals surface area (Å²) in [6, 6.07) is 8.00. The van der Waals surface area contributed by atoms with E-state index in [0.717, 1.165) is 6.54 Å². The quantitative estimate of drug-likeness (QED) is 0.921. The van der Waals surface area contributed by atoms with E-state index in [9.17, 15) is 4.79 Å². The number of halogens is 1. The molecule has 0 spiro atoms. The second-order valence-electron chi connectivity index (χ2n) is 4.86. The van der Waals surface area contributed by atoms with E-state index in [1.54, 1.807) is 0 Å². The van der Waals surface area contributed by atoms with E-state index in [-0.39, 0.29) is 24.4 Å². The highest BCUT2D eigenvalue weighted by atomic mass is 35.5. The maximum atomic E-state index is 12.4. The Balaban J connectivity index is 0.00000200. The molecule has 0 aliphatic carbocycles. The van der Waals surface area contributed by atoms with Crippen LogP contribution >= 0.6 is 12.4 Å². The molecule has 1 unspecified atom stereocenters. The fourth-order valence-corrected chi connectivity index (χ4v) is 2.28. The minimum Gasteiger partial charge on any atom is -0.378 e. The van der Waals surface area contributed by atoms with Gasteiger partial charge >= 0.3 is 0 Å². The number of morpholine rings is 1. The number of benzene rings is 1. The van der Waals surface area contributed by atoms with Gasteiger partial charge < -0.3 is 15.0 Å². The van der Waals surface area contributed by atoms with E-state index >= 15 is 0 Å². The van der Waals surface area contributed by atoms with Gasteiger partial charge in [0.05, 0.1) is 13.2 Å². The van der Waals surface area contributed by atoms with Crippen LogP contribution in [0.5, 0.6) is 0 Å². The zero-order valence-corrected chi connectivity index (χ0v) is 12.9. The zero-order chi connectivity index (χ0) is 13.7. The van der Waals surface area contributed by atoms with Gasteiger partial charge in [0.25, 0.3) is 0 Å². The molecule has 1 aromatic rings. The molecule has 1 amide bonds. The average molecular weight is 299 g/mol. The molecule has 112 valence electrons. The minimum absolute atomic E-state index is 0. The van der Waals surface area contributed by atoms with Gasteiger partial charge in [-0.15, -0.1) is 12.4 Å². The van der Waals surface area contributed by atoms with Crippen molar-refractivity contribution in [2.75, 3.05) is 26.3 Å². The molecule has 1 aliphatic rings. The topological polar surface area (TPSA) is 41.6 Å². The summed E-state index contributed by atoms with van der Waals surface area (Å²) in [4.78, 5) is 14.3. The van der Waals surface area contributed by atoms with Crippen molar-refractivity contribution in [3.63, 3.8) is 0 Å². The van der Waals surface area contributed by atoms with Crippen molar-refractivity contribution < 1.29 is 9.53 Å². The summed E-state index contributed by atoms with van der Waals surface area (Å²) in [6.07, 6.45) is 0. The summed E-state index contributed by atoms with van der Waals surface area (Å²) in [5, 5.41) is 3.22. The maximum Gasteiger partial charge on any atom is 0.242 e. The number of carbonyl (C=O) groups is 1. The number of ether oxygens (including phenoxy) is 1. The molecule has 1 saturated heterocycles. The fourth-order valence-electron chi connectivity index (χ4n) is 2.28. The van der Waals surface area contributed by atoms with Gasteiger partial charge in [-0.25, -0.2) is 0 Å². The first-order valence-electron chi connectivity index (χ1n) is 6.86. The lowest BCUT2D eigenvalue weighted by molar-refractivity contribution is -0.136. The Morgan fingerprint density at radius 3 is 2.80 bits per heavy atom. The summed E-state index contributed by atoms with van der Waals surface area (Å²) >= 11 is 0. The standard InChI is InChI=1S/C15H22N2O2.ClH/c1-3-17(10-13-7-5-4-6-12(13)2)15(18)14-11-19-9-8-16-14;/h4-7,14,16H,3,8-11H2,1-2H3;1H. The monoisotopic (exact) mass is 298 g/mol. The molecule has 1 fully saturated rings. The molecular weight excluding hydrogens is 276 g/mol. The third-order valence-corrected chi connectivity index (χ3v) is 3.54. The van der Waals surface area contributed by atoms with Gasteiger partial charge in [-0.05, 0) is 25.0 Å². The summed E-state index contributed by atoms with van der Waals surface area (Å²) in [5.41, 5.74) is 2.43.